The van der Waals surface area contributed by atoms with Crippen molar-refractivity contribution < 1.29 is 0 Å². The molecule has 1 nitrogen and oxygen atoms in total. The molecule has 1 heteroatoms. The van der Waals surface area contributed by atoms with E-state index in [0.717, 1.165) is 11.6 Å². The molecule has 0 amide bonds. The lowest BCUT2D eigenvalue weighted by Crippen LogP contribution is -1.99. The lowest BCUT2D eigenvalue weighted by atomic mass is 9.91. The van der Waals surface area contributed by atoms with Crippen molar-refractivity contribution in [1.82, 2.24) is 0 Å². The van der Waals surface area contributed by atoms with Crippen LogP contribution in [0.1, 0.15) is 48.3 Å². The molecular weight excluding hydrogens is 170 g/mol. The van der Waals surface area contributed by atoms with Gasteiger partial charge in [0.2, 0.25) is 0 Å². The van der Waals surface area contributed by atoms with Gasteiger partial charge in [-0.15, -0.1) is 0 Å². The van der Waals surface area contributed by atoms with E-state index in [2.05, 4.69) is 26.0 Å². The lowest BCUT2D eigenvalue weighted by molar-refractivity contribution is 0.718. The minimum atomic E-state index is 0.776. The number of benzene rings is 1. The molecule has 1 aromatic carbocycles. The van der Waals surface area contributed by atoms with Crippen LogP contribution in [0.15, 0.2) is 12.1 Å². The summed E-state index contributed by atoms with van der Waals surface area (Å²) in [5.41, 5.74) is 11.0. The molecule has 0 bridgehead atoms. The summed E-state index contributed by atoms with van der Waals surface area (Å²) in [7, 11) is 0. The Balaban J connectivity index is 2.37. The highest BCUT2D eigenvalue weighted by Gasteiger charge is 2.19. The van der Waals surface area contributed by atoms with Gasteiger partial charge in [-0.25, -0.2) is 0 Å². The summed E-state index contributed by atoms with van der Waals surface area (Å²) in [4.78, 5) is 0. The van der Waals surface area contributed by atoms with Gasteiger partial charge in [-0.1, -0.05) is 18.9 Å². The Morgan fingerprint density at radius 1 is 1.07 bits per heavy atom. The van der Waals surface area contributed by atoms with Crippen LogP contribution >= 0.6 is 0 Å². The Morgan fingerprint density at radius 3 is 2.36 bits per heavy atom. The second kappa shape index (κ2) is 3.64. The van der Waals surface area contributed by atoms with Crippen molar-refractivity contribution >= 4 is 5.69 Å². The molecule has 0 heterocycles. The zero-order chi connectivity index (χ0) is 10.1. The van der Waals surface area contributed by atoms with Crippen LogP contribution in [0.4, 0.5) is 5.69 Å². The average molecular weight is 189 g/mol. The van der Waals surface area contributed by atoms with Crippen molar-refractivity contribution in [1.29, 1.82) is 0 Å². The summed E-state index contributed by atoms with van der Waals surface area (Å²) in [6, 6.07) is 4.42. The summed E-state index contributed by atoms with van der Waals surface area (Å²) in [5, 5.41) is 0. The maximum Gasteiger partial charge on any atom is 0.0346 e. The number of nitrogens with two attached hydrogens (primary N) is 1. The Bertz CT molecular complexity index is 335. The molecule has 1 fully saturated rings. The minimum absolute atomic E-state index is 0.776. The molecule has 14 heavy (non-hydrogen) atoms. The Morgan fingerprint density at radius 2 is 1.71 bits per heavy atom. The van der Waals surface area contributed by atoms with Crippen LogP contribution < -0.4 is 5.73 Å². The molecule has 0 aromatic heterocycles. The van der Waals surface area contributed by atoms with Gasteiger partial charge in [0.1, 0.15) is 0 Å². The Labute approximate surface area is 86.3 Å². The van der Waals surface area contributed by atoms with Gasteiger partial charge in [-0.05, 0) is 55.4 Å². The molecule has 0 radical (unpaired) electrons. The fourth-order valence-corrected chi connectivity index (χ4v) is 2.56. The van der Waals surface area contributed by atoms with Crippen LogP contribution in [0.3, 0.4) is 0 Å². The topological polar surface area (TPSA) is 26.0 Å². The fourth-order valence-electron chi connectivity index (χ4n) is 2.56. The van der Waals surface area contributed by atoms with Crippen molar-refractivity contribution in [3.63, 3.8) is 0 Å². The number of aryl methyl sites for hydroxylation is 2. The third kappa shape index (κ3) is 1.63. The van der Waals surface area contributed by atoms with Gasteiger partial charge < -0.3 is 5.73 Å². The van der Waals surface area contributed by atoms with Gasteiger partial charge in [0.25, 0.3) is 0 Å². The number of nitrogen functional groups attached to an aromatic ring is 1. The quantitative estimate of drug-likeness (QED) is 0.672. The zero-order valence-corrected chi connectivity index (χ0v) is 9.14. The van der Waals surface area contributed by atoms with E-state index in [1.54, 1.807) is 0 Å². The van der Waals surface area contributed by atoms with Crippen molar-refractivity contribution in [2.75, 3.05) is 5.73 Å². The molecule has 1 aromatic rings. The second-order valence-corrected chi connectivity index (χ2v) is 4.55. The highest BCUT2D eigenvalue weighted by atomic mass is 14.6. The first-order valence-corrected chi connectivity index (χ1v) is 5.55. The molecule has 0 atom stereocenters. The molecule has 2 N–H and O–H groups in total. The third-order valence-electron chi connectivity index (χ3n) is 3.45. The van der Waals surface area contributed by atoms with Crippen LogP contribution in [-0.2, 0) is 0 Å². The standard InChI is InChI=1S/C13H19N/c1-9-7-10(2)13(14)8-12(9)11-5-3-4-6-11/h7-8,11H,3-6,14H2,1-2H3. The zero-order valence-electron chi connectivity index (χ0n) is 9.14. The third-order valence-corrected chi connectivity index (χ3v) is 3.45. The summed E-state index contributed by atoms with van der Waals surface area (Å²) in [5.74, 6) is 0.776. The highest BCUT2D eigenvalue weighted by molar-refractivity contribution is 5.52. The predicted molar refractivity (Wildman–Crippen MR) is 61.5 cm³/mol. The molecule has 1 saturated carbocycles. The summed E-state index contributed by atoms with van der Waals surface area (Å²) >= 11 is 0. The molecule has 2 rings (SSSR count). The van der Waals surface area contributed by atoms with Crippen LogP contribution in [0, 0.1) is 13.8 Å². The van der Waals surface area contributed by atoms with Crippen molar-refractivity contribution in [3.8, 4) is 0 Å². The normalized spacial score (nSPS) is 17.6. The average Bonchev–Trinajstić information content (AvgIpc) is 2.64. The van der Waals surface area contributed by atoms with E-state index in [0.29, 0.717) is 0 Å². The molecule has 76 valence electrons. The maximum atomic E-state index is 5.96. The number of rotatable bonds is 1. The number of anilines is 1. The van der Waals surface area contributed by atoms with Gasteiger partial charge in [-0.2, -0.15) is 0 Å². The molecule has 0 unspecified atom stereocenters. The second-order valence-electron chi connectivity index (χ2n) is 4.55. The lowest BCUT2D eigenvalue weighted by Gasteiger charge is -2.15. The first-order chi connectivity index (χ1) is 6.68. The number of hydrogen-bond donors (Lipinski definition) is 1. The van der Waals surface area contributed by atoms with Crippen LogP contribution in [0.5, 0.6) is 0 Å². The SMILES string of the molecule is Cc1cc(C)c(C2CCCC2)cc1N. The molecule has 0 aliphatic heterocycles. The number of hydrogen-bond acceptors (Lipinski definition) is 1. The minimum Gasteiger partial charge on any atom is -0.399 e. The van der Waals surface area contributed by atoms with Gasteiger partial charge in [0.15, 0.2) is 0 Å². The van der Waals surface area contributed by atoms with E-state index in [-0.39, 0.29) is 0 Å². The van der Waals surface area contributed by atoms with Crippen molar-refractivity contribution in [2.24, 2.45) is 0 Å². The summed E-state index contributed by atoms with van der Waals surface area (Å²) < 4.78 is 0. The van der Waals surface area contributed by atoms with Crippen LogP contribution in [0.25, 0.3) is 0 Å². The summed E-state index contributed by atoms with van der Waals surface area (Å²) in [6.45, 7) is 4.29. The van der Waals surface area contributed by atoms with Gasteiger partial charge in [0.05, 0.1) is 0 Å². The van der Waals surface area contributed by atoms with E-state index in [1.165, 1.54) is 42.4 Å². The van der Waals surface area contributed by atoms with E-state index >= 15 is 0 Å². The van der Waals surface area contributed by atoms with E-state index in [9.17, 15) is 0 Å². The van der Waals surface area contributed by atoms with Crippen molar-refractivity contribution in [2.45, 2.75) is 45.4 Å². The van der Waals surface area contributed by atoms with Gasteiger partial charge in [0, 0.05) is 5.69 Å². The largest absolute Gasteiger partial charge is 0.399 e. The van der Waals surface area contributed by atoms with E-state index < -0.39 is 0 Å². The van der Waals surface area contributed by atoms with Gasteiger partial charge >= 0.3 is 0 Å². The Hall–Kier alpha value is -0.980. The van der Waals surface area contributed by atoms with Crippen molar-refractivity contribution in [3.05, 3.63) is 28.8 Å². The first kappa shape index (κ1) is 9.57. The van der Waals surface area contributed by atoms with Gasteiger partial charge in [-0.3, -0.25) is 0 Å². The maximum absolute atomic E-state index is 5.96. The monoisotopic (exact) mass is 189 g/mol. The van der Waals surface area contributed by atoms with E-state index in [4.69, 9.17) is 5.73 Å². The predicted octanol–water partition coefficient (Wildman–Crippen LogP) is 3.54. The fraction of sp³-hybridized carbons (Fsp3) is 0.538. The summed E-state index contributed by atoms with van der Waals surface area (Å²) in [6.07, 6.45) is 5.47. The smallest absolute Gasteiger partial charge is 0.0346 e. The molecular formula is C13H19N. The van der Waals surface area contributed by atoms with Crippen LogP contribution in [0.2, 0.25) is 0 Å². The Kier molecular flexibility index (Phi) is 2.49. The molecule has 0 saturated heterocycles. The highest BCUT2D eigenvalue weighted by Crippen LogP contribution is 2.36. The molecule has 1 aliphatic rings. The molecule has 1 aliphatic carbocycles. The first-order valence-electron chi connectivity index (χ1n) is 5.55. The van der Waals surface area contributed by atoms with Crippen LogP contribution in [-0.4, -0.2) is 0 Å². The molecule has 0 spiro atoms. The van der Waals surface area contributed by atoms with E-state index in [1.807, 2.05) is 0 Å².